The lowest BCUT2D eigenvalue weighted by Crippen LogP contribution is -2.44. The Labute approximate surface area is 116 Å². The topological polar surface area (TPSA) is 20.3 Å². The molecule has 1 aromatic rings. The molecule has 0 spiro atoms. The maximum Gasteiger partial charge on any atom is 0.127 e. The lowest BCUT2D eigenvalue weighted by molar-refractivity contribution is -0.115. The molecule has 1 aromatic carbocycles. The van der Waals surface area contributed by atoms with Gasteiger partial charge in [-0.25, -0.2) is 0 Å². The Morgan fingerprint density at radius 1 is 1.42 bits per heavy atom. The van der Waals surface area contributed by atoms with E-state index in [0.717, 1.165) is 32.1 Å². The second-order valence-electron chi connectivity index (χ2n) is 6.17. The Hall–Kier alpha value is -1.31. The highest BCUT2D eigenvalue weighted by molar-refractivity contribution is 5.63. The van der Waals surface area contributed by atoms with Crippen LogP contribution in [0.5, 0.6) is 0 Å². The lowest BCUT2D eigenvalue weighted by atomic mass is 9.84. The van der Waals surface area contributed by atoms with Gasteiger partial charge in [0, 0.05) is 23.7 Å². The molecular formula is C17H25NO. The number of anilines is 1. The number of nitrogens with zero attached hydrogens (tertiary/aromatic N) is 1. The molecule has 0 saturated carbocycles. The molecular weight excluding hydrogens is 234 g/mol. The van der Waals surface area contributed by atoms with Crippen LogP contribution in [0.3, 0.4) is 0 Å². The molecule has 2 rings (SSSR count). The van der Waals surface area contributed by atoms with Crippen molar-refractivity contribution in [3.8, 4) is 0 Å². The zero-order chi connectivity index (χ0) is 13.9. The van der Waals surface area contributed by atoms with E-state index in [0.29, 0.717) is 6.04 Å². The molecule has 1 aliphatic rings. The van der Waals surface area contributed by atoms with E-state index in [4.69, 9.17) is 0 Å². The van der Waals surface area contributed by atoms with Crippen molar-refractivity contribution in [2.45, 2.75) is 52.5 Å². The number of aryl methyl sites for hydroxylation is 1. The summed E-state index contributed by atoms with van der Waals surface area (Å²) in [5.74, 6) is 0. The average molecular weight is 259 g/mol. The molecule has 2 atom stereocenters. The third-order valence-electron chi connectivity index (χ3n) is 4.30. The summed E-state index contributed by atoms with van der Waals surface area (Å²) < 4.78 is 0. The second-order valence-corrected chi connectivity index (χ2v) is 6.17. The zero-order valence-corrected chi connectivity index (χ0v) is 12.4. The van der Waals surface area contributed by atoms with Crippen LogP contribution in [0.1, 0.15) is 45.6 Å². The van der Waals surface area contributed by atoms with Crippen molar-refractivity contribution in [3.63, 3.8) is 0 Å². The van der Waals surface area contributed by atoms with Crippen molar-refractivity contribution in [1.29, 1.82) is 0 Å². The van der Waals surface area contributed by atoms with Gasteiger partial charge >= 0.3 is 0 Å². The predicted molar refractivity (Wildman–Crippen MR) is 80.7 cm³/mol. The molecule has 0 N–H and O–H groups in total. The molecule has 2 unspecified atom stereocenters. The maximum absolute atomic E-state index is 11.5. The van der Waals surface area contributed by atoms with Crippen molar-refractivity contribution in [2.24, 2.45) is 5.41 Å². The van der Waals surface area contributed by atoms with E-state index in [2.05, 4.69) is 49.9 Å². The minimum Gasteiger partial charge on any atom is -0.368 e. The highest BCUT2D eigenvalue weighted by Crippen LogP contribution is 2.34. The van der Waals surface area contributed by atoms with Gasteiger partial charge in [0.1, 0.15) is 6.29 Å². The van der Waals surface area contributed by atoms with Gasteiger partial charge in [0.2, 0.25) is 0 Å². The first kappa shape index (κ1) is 14.1. The molecule has 1 heterocycles. The van der Waals surface area contributed by atoms with Crippen LogP contribution in [0.15, 0.2) is 24.3 Å². The molecule has 0 aliphatic carbocycles. The van der Waals surface area contributed by atoms with Gasteiger partial charge < -0.3 is 9.69 Å². The highest BCUT2D eigenvalue weighted by Gasteiger charge is 2.31. The van der Waals surface area contributed by atoms with Gasteiger partial charge in [0.05, 0.1) is 0 Å². The Kier molecular flexibility index (Phi) is 4.28. The number of benzene rings is 1. The molecule has 19 heavy (non-hydrogen) atoms. The Bertz CT molecular complexity index is 443. The fraction of sp³-hybridized carbons (Fsp3) is 0.588. The first-order valence-electron chi connectivity index (χ1n) is 7.40. The highest BCUT2D eigenvalue weighted by atomic mass is 16.1. The maximum atomic E-state index is 11.5. The molecule has 1 aliphatic heterocycles. The number of para-hydroxylation sites is 1. The van der Waals surface area contributed by atoms with Crippen LogP contribution in [0.25, 0.3) is 0 Å². The van der Waals surface area contributed by atoms with Gasteiger partial charge in [-0.3, -0.25) is 0 Å². The predicted octanol–water partition coefficient (Wildman–Crippen LogP) is 3.83. The van der Waals surface area contributed by atoms with E-state index in [9.17, 15) is 4.79 Å². The third-order valence-corrected chi connectivity index (χ3v) is 4.30. The number of carbonyl (C=O) groups is 1. The molecule has 0 aromatic heterocycles. The van der Waals surface area contributed by atoms with E-state index in [1.165, 1.54) is 17.7 Å². The summed E-state index contributed by atoms with van der Waals surface area (Å²) in [5, 5.41) is 0. The molecule has 0 saturated heterocycles. The number of aldehydes is 1. The van der Waals surface area contributed by atoms with Gasteiger partial charge in [-0.15, -0.1) is 0 Å². The number of rotatable bonds is 5. The van der Waals surface area contributed by atoms with Crippen LogP contribution in [0.2, 0.25) is 0 Å². The largest absolute Gasteiger partial charge is 0.368 e. The van der Waals surface area contributed by atoms with Crippen LogP contribution < -0.4 is 4.90 Å². The Balaban J connectivity index is 2.26. The van der Waals surface area contributed by atoms with Gasteiger partial charge in [-0.1, -0.05) is 38.5 Å². The standard InChI is InChI=1S/C17H25NO/c1-4-11-17(3,13-19)12-18-14(2)9-10-15-7-5-6-8-16(15)18/h5-8,13-14H,4,9-12H2,1-3H3. The summed E-state index contributed by atoms with van der Waals surface area (Å²) >= 11 is 0. The van der Waals surface area contributed by atoms with Crippen LogP contribution in [-0.2, 0) is 11.2 Å². The van der Waals surface area contributed by atoms with E-state index in [1.54, 1.807) is 0 Å². The summed E-state index contributed by atoms with van der Waals surface area (Å²) in [5.41, 5.74) is 2.52. The van der Waals surface area contributed by atoms with E-state index in [-0.39, 0.29) is 5.41 Å². The van der Waals surface area contributed by atoms with E-state index >= 15 is 0 Å². The van der Waals surface area contributed by atoms with Crippen LogP contribution in [-0.4, -0.2) is 18.9 Å². The summed E-state index contributed by atoms with van der Waals surface area (Å²) in [4.78, 5) is 13.9. The summed E-state index contributed by atoms with van der Waals surface area (Å²) in [7, 11) is 0. The van der Waals surface area contributed by atoms with Crippen LogP contribution >= 0.6 is 0 Å². The Morgan fingerprint density at radius 2 is 2.16 bits per heavy atom. The van der Waals surface area contributed by atoms with Crippen LogP contribution in [0, 0.1) is 5.41 Å². The number of hydrogen-bond acceptors (Lipinski definition) is 2. The quantitative estimate of drug-likeness (QED) is 0.749. The number of carbonyl (C=O) groups excluding carboxylic acids is 1. The van der Waals surface area contributed by atoms with E-state index < -0.39 is 0 Å². The minimum absolute atomic E-state index is 0.229. The van der Waals surface area contributed by atoms with Crippen molar-refractivity contribution in [3.05, 3.63) is 29.8 Å². The van der Waals surface area contributed by atoms with E-state index in [1.807, 2.05) is 0 Å². The van der Waals surface area contributed by atoms with Crippen LogP contribution in [0.4, 0.5) is 5.69 Å². The zero-order valence-electron chi connectivity index (χ0n) is 12.4. The van der Waals surface area contributed by atoms with Crippen molar-refractivity contribution in [1.82, 2.24) is 0 Å². The fourth-order valence-electron chi connectivity index (χ4n) is 3.14. The van der Waals surface area contributed by atoms with Crippen molar-refractivity contribution in [2.75, 3.05) is 11.4 Å². The summed E-state index contributed by atoms with van der Waals surface area (Å²) in [6, 6.07) is 9.14. The summed E-state index contributed by atoms with van der Waals surface area (Å²) in [6.07, 6.45) is 5.50. The van der Waals surface area contributed by atoms with Gasteiger partial charge in [0.25, 0.3) is 0 Å². The van der Waals surface area contributed by atoms with Gasteiger partial charge in [-0.2, -0.15) is 0 Å². The molecule has 0 radical (unpaired) electrons. The first-order valence-corrected chi connectivity index (χ1v) is 7.40. The number of fused-ring (bicyclic) bond motifs is 1. The fourth-order valence-corrected chi connectivity index (χ4v) is 3.14. The first-order chi connectivity index (χ1) is 9.09. The smallest absolute Gasteiger partial charge is 0.127 e. The normalized spacial score (nSPS) is 21.6. The number of hydrogen-bond donors (Lipinski definition) is 0. The minimum atomic E-state index is -0.229. The van der Waals surface area contributed by atoms with Gasteiger partial charge in [-0.05, 0) is 37.8 Å². The third kappa shape index (κ3) is 2.99. The molecule has 0 fully saturated rings. The molecule has 2 heteroatoms. The molecule has 0 bridgehead atoms. The Morgan fingerprint density at radius 3 is 2.84 bits per heavy atom. The van der Waals surface area contributed by atoms with Gasteiger partial charge in [0.15, 0.2) is 0 Å². The monoisotopic (exact) mass is 259 g/mol. The summed E-state index contributed by atoms with van der Waals surface area (Å²) in [6.45, 7) is 7.35. The van der Waals surface area contributed by atoms with Crippen molar-refractivity contribution >= 4 is 12.0 Å². The molecule has 0 amide bonds. The SMILES string of the molecule is CCCC(C)(C=O)CN1c2ccccc2CCC1C. The average Bonchev–Trinajstić information content (AvgIpc) is 2.42. The lowest BCUT2D eigenvalue weighted by Gasteiger charge is -2.41. The molecule has 2 nitrogen and oxygen atoms in total. The molecule has 104 valence electrons. The second kappa shape index (κ2) is 5.77. The van der Waals surface area contributed by atoms with Crippen molar-refractivity contribution < 1.29 is 4.79 Å².